The molecule has 5 nitrogen and oxygen atoms in total. The summed E-state index contributed by atoms with van der Waals surface area (Å²) in [5.74, 6) is 0.747. The third kappa shape index (κ3) is 3.51. The number of nitrogens with zero attached hydrogens (tertiary/aromatic N) is 3. The van der Waals surface area contributed by atoms with E-state index in [0.717, 1.165) is 46.6 Å². The number of benzene rings is 2. The van der Waals surface area contributed by atoms with Crippen molar-refractivity contribution in [2.75, 3.05) is 6.54 Å². The second-order valence-electron chi connectivity index (χ2n) is 7.67. The molecule has 0 spiro atoms. The van der Waals surface area contributed by atoms with Crippen molar-refractivity contribution in [3.63, 3.8) is 0 Å². The topological polar surface area (TPSA) is 59.2 Å². The molecule has 150 valence electrons. The van der Waals surface area contributed by atoms with Crippen LogP contribution in [0, 0.1) is 6.92 Å². The molecule has 0 bridgehead atoms. The SMILES string of the molecule is Cc1ccc2oc(=O)c(CN3CCc4nc(-c5ccccc5)ncc4C3)c(Cl)c2c1. The highest BCUT2D eigenvalue weighted by molar-refractivity contribution is 6.36. The lowest BCUT2D eigenvalue weighted by Gasteiger charge is -2.28. The lowest BCUT2D eigenvalue weighted by atomic mass is 10.1. The Morgan fingerprint density at radius 3 is 2.83 bits per heavy atom. The predicted molar refractivity (Wildman–Crippen MR) is 118 cm³/mol. The molecule has 0 N–H and O–H groups in total. The summed E-state index contributed by atoms with van der Waals surface area (Å²) in [6.45, 7) is 3.89. The number of rotatable bonds is 3. The molecule has 0 aliphatic carbocycles. The van der Waals surface area contributed by atoms with E-state index >= 15 is 0 Å². The first-order valence-corrected chi connectivity index (χ1v) is 10.3. The van der Waals surface area contributed by atoms with Crippen LogP contribution >= 0.6 is 11.6 Å². The fraction of sp³-hybridized carbons (Fsp3) is 0.208. The third-order valence-corrected chi connectivity index (χ3v) is 5.94. The van der Waals surface area contributed by atoms with Crippen LogP contribution in [0.1, 0.15) is 22.4 Å². The quantitative estimate of drug-likeness (QED) is 0.449. The molecule has 6 heteroatoms. The zero-order chi connectivity index (χ0) is 20.7. The van der Waals surface area contributed by atoms with Crippen LogP contribution in [-0.4, -0.2) is 21.4 Å². The number of aromatic nitrogens is 2. The molecule has 0 radical (unpaired) electrons. The van der Waals surface area contributed by atoms with Gasteiger partial charge in [0.25, 0.3) is 0 Å². The van der Waals surface area contributed by atoms with Gasteiger partial charge in [0.05, 0.1) is 16.3 Å². The van der Waals surface area contributed by atoms with E-state index in [-0.39, 0.29) is 5.63 Å². The first-order chi connectivity index (χ1) is 14.6. The van der Waals surface area contributed by atoms with Gasteiger partial charge in [-0.15, -0.1) is 0 Å². The van der Waals surface area contributed by atoms with Gasteiger partial charge in [-0.05, 0) is 19.1 Å². The summed E-state index contributed by atoms with van der Waals surface area (Å²) in [5, 5.41) is 1.26. The smallest absolute Gasteiger partial charge is 0.342 e. The summed E-state index contributed by atoms with van der Waals surface area (Å²) in [7, 11) is 0. The summed E-state index contributed by atoms with van der Waals surface area (Å²) in [6, 6.07) is 15.6. The van der Waals surface area contributed by atoms with Crippen molar-refractivity contribution in [3.05, 3.63) is 92.6 Å². The van der Waals surface area contributed by atoms with E-state index in [4.69, 9.17) is 21.0 Å². The van der Waals surface area contributed by atoms with Crippen LogP contribution in [0.15, 0.2) is 63.9 Å². The van der Waals surface area contributed by atoms with E-state index in [1.807, 2.05) is 55.6 Å². The molecule has 30 heavy (non-hydrogen) atoms. The predicted octanol–water partition coefficient (Wildman–Crippen LogP) is 4.77. The molecule has 1 aliphatic rings. The van der Waals surface area contributed by atoms with Crippen LogP contribution in [-0.2, 0) is 19.5 Å². The molecule has 3 heterocycles. The Balaban J connectivity index is 1.41. The van der Waals surface area contributed by atoms with Gasteiger partial charge in [-0.25, -0.2) is 14.8 Å². The highest BCUT2D eigenvalue weighted by atomic mass is 35.5. The average molecular weight is 418 g/mol. The molecule has 2 aromatic carbocycles. The van der Waals surface area contributed by atoms with Gasteiger partial charge >= 0.3 is 5.63 Å². The van der Waals surface area contributed by atoms with Gasteiger partial charge in [-0.3, -0.25) is 4.90 Å². The molecular weight excluding hydrogens is 398 g/mol. The molecule has 0 unspecified atom stereocenters. The zero-order valence-electron chi connectivity index (χ0n) is 16.6. The summed E-state index contributed by atoms with van der Waals surface area (Å²) in [6.07, 6.45) is 2.69. The van der Waals surface area contributed by atoms with E-state index in [1.165, 1.54) is 0 Å². The van der Waals surface area contributed by atoms with Gasteiger partial charge in [-0.2, -0.15) is 0 Å². The molecule has 1 aliphatic heterocycles. The molecule has 0 saturated carbocycles. The van der Waals surface area contributed by atoms with E-state index in [1.54, 1.807) is 6.07 Å². The van der Waals surface area contributed by atoms with E-state index in [2.05, 4.69) is 9.88 Å². The highest BCUT2D eigenvalue weighted by Crippen LogP contribution is 2.28. The summed E-state index contributed by atoms with van der Waals surface area (Å²) < 4.78 is 5.51. The zero-order valence-corrected chi connectivity index (χ0v) is 17.3. The maximum atomic E-state index is 12.6. The first-order valence-electron chi connectivity index (χ1n) is 9.93. The Labute approximate surface area is 179 Å². The summed E-state index contributed by atoms with van der Waals surface area (Å²) in [5.41, 5.74) is 4.87. The maximum absolute atomic E-state index is 12.6. The minimum atomic E-state index is -0.377. The Morgan fingerprint density at radius 2 is 2.00 bits per heavy atom. The number of aryl methyl sites for hydroxylation is 1. The Bertz CT molecular complexity index is 1300. The second-order valence-corrected chi connectivity index (χ2v) is 8.05. The largest absolute Gasteiger partial charge is 0.422 e. The highest BCUT2D eigenvalue weighted by Gasteiger charge is 2.22. The maximum Gasteiger partial charge on any atom is 0.342 e. The molecule has 0 fully saturated rings. The van der Waals surface area contributed by atoms with Gasteiger partial charge in [-0.1, -0.05) is 53.6 Å². The van der Waals surface area contributed by atoms with E-state index in [0.29, 0.717) is 29.3 Å². The van der Waals surface area contributed by atoms with Crippen LogP contribution in [0.5, 0.6) is 0 Å². The molecule has 0 saturated heterocycles. The van der Waals surface area contributed by atoms with Gasteiger partial charge in [0.1, 0.15) is 5.58 Å². The van der Waals surface area contributed by atoms with Crippen LogP contribution in [0.25, 0.3) is 22.4 Å². The molecule has 2 aromatic heterocycles. The Kier molecular flexibility index (Phi) is 4.85. The van der Waals surface area contributed by atoms with Crippen molar-refractivity contribution in [1.29, 1.82) is 0 Å². The van der Waals surface area contributed by atoms with Gasteiger partial charge in [0.2, 0.25) is 0 Å². The van der Waals surface area contributed by atoms with Gasteiger partial charge < -0.3 is 4.42 Å². The van der Waals surface area contributed by atoms with E-state index in [9.17, 15) is 4.79 Å². The lowest BCUT2D eigenvalue weighted by molar-refractivity contribution is 0.240. The molecule has 4 aromatic rings. The fourth-order valence-corrected chi connectivity index (χ4v) is 4.20. The minimum Gasteiger partial charge on any atom is -0.422 e. The fourth-order valence-electron chi connectivity index (χ4n) is 3.91. The Morgan fingerprint density at radius 1 is 1.17 bits per heavy atom. The van der Waals surface area contributed by atoms with Crippen LogP contribution in [0.4, 0.5) is 0 Å². The van der Waals surface area contributed by atoms with Crippen molar-refractivity contribution in [1.82, 2.24) is 14.9 Å². The molecule has 0 atom stereocenters. The van der Waals surface area contributed by atoms with Crippen molar-refractivity contribution < 1.29 is 4.42 Å². The number of hydrogen-bond donors (Lipinski definition) is 0. The third-order valence-electron chi connectivity index (χ3n) is 5.51. The Hall–Kier alpha value is -3.02. The van der Waals surface area contributed by atoms with Crippen molar-refractivity contribution >= 4 is 22.6 Å². The van der Waals surface area contributed by atoms with E-state index < -0.39 is 0 Å². The number of halogens is 1. The molecule has 5 rings (SSSR count). The minimum absolute atomic E-state index is 0.377. The summed E-state index contributed by atoms with van der Waals surface area (Å²) >= 11 is 6.62. The van der Waals surface area contributed by atoms with Crippen molar-refractivity contribution in [2.24, 2.45) is 0 Å². The number of fused-ring (bicyclic) bond motifs is 2. The number of hydrogen-bond acceptors (Lipinski definition) is 5. The monoisotopic (exact) mass is 417 g/mol. The van der Waals surface area contributed by atoms with Crippen molar-refractivity contribution in [3.8, 4) is 11.4 Å². The molecular formula is C24H20ClN3O2. The van der Waals surface area contributed by atoms with Gasteiger partial charge in [0, 0.05) is 48.8 Å². The first kappa shape index (κ1) is 19.0. The lowest BCUT2D eigenvalue weighted by Crippen LogP contribution is -2.32. The standard InChI is InChI=1S/C24H20ClN3O2/c1-15-7-8-21-18(11-15)22(25)19(24(29)30-21)14-28-10-9-20-17(13-28)12-26-23(27-20)16-5-3-2-4-6-16/h2-8,11-12H,9-10,13-14H2,1H3. The second kappa shape index (κ2) is 7.67. The van der Waals surface area contributed by atoms with Crippen LogP contribution < -0.4 is 5.63 Å². The normalized spacial score (nSPS) is 14.1. The average Bonchev–Trinajstić information content (AvgIpc) is 2.77. The summed E-state index contributed by atoms with van der Waals surface area (Å²) in [4.78, 5) is 24.1. The van der Waals surface area contributed by atoms with Gasteiger partial charge in [0.15, 0.2) is 5.82 Å². The van der Waals surface area contributed by atoms with Crippen LogP contribution in [0.3, 0.4) is 0 Å². The molecule has 0 amide bonds. The van der Waals surface area contributed by atoms with Crippen LogP contribution in [0.2, 0.25) is 5.02 Å². The van der Waals surface area contributed by atoms with Crippen molar-refractivity contribution in [2.45, 2.75) is 26.4 Å².